The molecule has 2 aromatic carbocycles. The summed E-state index contributed by atoms with van der Waals surface area (Å²) in [6, 6.07) is 12.9. The van der Waals surface area contributed by atoms with Gasteiger partial charge < -0.3 is 9.64 Å². The molecule has 0 aliphatic rings. The van der Waals surface area contributed by atoms with Gasteiger partial charge in [0.05, 0.1) is 11.9 Å². The molecule has 1 amide bonds. The molecule has 0 spiro atoms. The van der Waals surface area contributed by atoms with Crippen LogP contribution in [0.25, 0.3) is 5.69 Å². The zero-order chi connectivity index (χ0) is 23.5. The van der Waals surface area contributed by atoms with Crippen molar-refractivity contribution in [2.45, 2.75) is 33.0 Å². The van der Waals surface area contributed by atoms with Crippen molar-refractivity contribution >= 4 is 29.1 Å². The molecule has 0 bridgehead atoms. The van der Waals surface area contributed by atoms with E-state index in [1.807, 2.05) is 19.1 Å². The van der Waals surface area contributed by atoms with Crippen molar-refractivity contribution < 1.29 is 22.7 Å². The molecular weight excluding hydrogens is 445 g/mol. The van der Waals surface area contributed by atoms with Gasteiger partial charge in [0.2, 0.25) is 0 Å². The molecule has 1 N–H and O–H groups in total. The molecule has 0 aliphatic carbocycles. The molecule has 0 aliphatic heterocycles. The largest absolute Gasteiger partial charge is 0.437 e. The molecule has 0 unspecified atom stereocenters. The highest BCUT2D eigenvalue weighted by Crippen LogP contribution is 2.38. The van der Waals surface area contributed by atoms with Crippen molar-refractivity contribution in [1.29, 1.82) is 0 Å². The van der Waals surface area contributed by atoms with Gasteiger partial charge in [0.25, 0.3) is 0 Å². The molecule has 0 fully saturated rings. The number of amides is 1. The van der Waals surface area contributed by atoms with Gasteiger partial charge in [-0.1, -0.05) is 11.6 Å². The molecule has 1 heterocycles. The van der Waals surface area contributed by atoms with E-state index in [1.165, 1.54) is 24.3 Å². The topological polar surface area (TPSA) is 59.4 Å². The van der Waals surface area contributed by atoms with E-state index in [9.17, 15) is 18.0 Å². The second-order valence-corrected chi connectivity index (χ2v) is 7.62. The number of aromatic nitrogens is 2. The Hall–Kier alpha value is -3.20. The SMILES string of the molecule is CCN(c1ccc(NC(=O)Oc2cnn(-c3ccc(Cl)cc3)c2C(F)(F)F)cc1)C(C)C. The Morgan fingerprint density at radius 1 is 1.16 bits per heavy atom. The number of nitrogens with one attached hydrogen (secondary N) is 1. The van der Waals surface area contributed by atoms with Crippen molar-refractivity contribution in [2.24, 2.45) is 0 Å². The summed E-state index contributed by atoms with van der Waals surface area (Å²) in [6.07, 6.45) is -5.02. The summed E-state index contributed by atoms with van der Waals surface area (Å²) in [7, 11) is 0. The first-order valence-electron chi connectivity index (χ1n) is 9.86. The first kappa shape index (κ1) is 23.5. The third-order valence-electron chi connectivity index (χ3n) is 4.69. The third-order valence-corrected chi connectivity index (χ3v) is 4.94. The van der Waals surface area contributed by atoms with Gasteiger partial charge in [0, 0.05) is 29.0 Å². The average molecular weight is 467 g/mol. The monoisotopic (exact) mass is 466 g/mol. The number of nitrogens with zero attached hydrogens (tertiary/aromatic N) is 3. The summed E-state index contributed by atoms with van der Waals surface area (Å²) in [5, 5.41) is 6.55. The molecule has 0 atom stereocenters. The van der Waals surface area contributed by atoms with E-state index in [1.54, 1.807) is 12.1 Å². The number of alkyl halides is 3. The second-order valence-electron chi connectivity index (χ2n) is 7.18. The molecular formula is C22H22ClF3N4O2. The third kappa shape index (κ3) is 5.34. The Bertz CT molecular complexity index is 1060. The molecule has 3 aromatic rings. The number of halogens is 4. The number of hydrogen-bond donors (Lipinski definition) is 1. The number of carbonyl (C=O) groups is 1. The van der Waals surface area contributed by atoms with Crippen molar-refractivity contribution in [3.63, 3.8) is 0 Å². The number of rotatable bonds is 6. The minimum absolute atomic E-state index is 0.123. The van der Waals surface area contributed by atoms with E-state index in [4.69, 9.17) is 16.3 Å². The minimum Gasteiger partial charge on any atom is -0.406 e. The van der Waals surface area contributed by atoms with Gasteiger partial charge in [-0.15, -0.1) is 0 Å². The normalized spacial score (nSPS) is 11.5. The zero-order valence-electron chi connectivity index (χ0n) is 17.7. The molecule has 0 saturated carbocycles. The van der Waals surface area contributed by atoms with E-state index in [0.717, 1.165) is 18.4 Å². The Kier molecular flexibility index (Phi) is 6.98. The highest BCUT2D eigenvalue weighted by molar-refractivity contribution is 6.30. The van der Waals surface area contributed by atoms with Crippen LogP contribution >= 0.6 is 11.6 Å². The second kappa shape index (κ2) is 9.52. The van der Waals surface area contributed by atoms with Crippen LogP contribution in [0.4, 0.5) is 29.3 Å². The van der Waals surface area contributed by atoms with Gasteiger partial charge >= 0.3 is 12.3 Å². The predicted molar refractivity (Wildman–Crippen MR) is 118 cm³/mol. The lowest BCUT2D eigenvalue weighted by Crippen LogP contribution is -2.30. The minimum atomic E-state index is -4.81. The van der Waals surface area contributed by atoms with Gasteiger partial charge in [-0.3, -0.25) is 5.32 Å². The maximum absolute atomic E-state index is 13.7. The van der Waals surface area contributed by atoms with Crippen LogP contribution in [0, 0.1) is 0 Å². The van der Waals surface area contributed by atoms with Crippen LogP contribution in [-0.4, -0.2) is 28.5 Å². The van der Waals surface area contributed by atoms with E-state index in [2.05, 4.69) is 29.2 Å². The smallest absolute Gasteiger partial charge is 0.406 e. The quantitative estimate of drug-likeness (QED) is 0.457. The average Bonchev–Trinajstić information content (AvgIpc) is 3.14. The molecule has 6 nitrogen and oxygen atoms in total. The summed E-state index contributed by atoms with van der Waals surface area (Å²) >= 11 is 5.80. The maximum atomic E-state index is 13.7. The van der Waals surface area contributed by atoms with Crippen molar-refractivity contribution in [2.75, 3.05) is 16.8 Å². The highest BCUT2D eigenvalue weighted by Gasteiger charge is 2.40. The van der Waals surface area contributed by atoms with E-state index < -0.39 is 23.7 Å². The summed E-state index contributed by atoms with van der Waals surface area (Å²) in [5.41, 5.74) is 0.265. The lowest BCUT2D eigenvalue weighted by Gasteiger charge is -2.27. The molecule has 1 aromatic heterocycles. The Morgan fingerprint density at radius 2 is 1.78 bits per heavy atom. The van der Waals surface area contributed by atoms with E-state index in [-0.39, 0.29) is 5.69 Å². The van der Waals surface area contributed by atoms with Crippen molar-refractivity contribution in [1.82, 2.24) is 9.78 Å². The Balaban J connectivity index is 1.78. The van der Waals surface area contributed by atoms with Crippen LogP contribution in [-0.2, 0) is 6.18 Å². The summed E-state index contributed by atoms with van der Waals surface area (Å²) in [4.78, 5) is 14.4. The number of carbonyl (C=O) groups excluding carboxylic acids is 1. The lowest BCUT2D eigenvalue weighted by atomic mass is 10.2. The molecule has 3 rings (SSSR count). The fourth-order valence-corrected chi connectivity index (χ4v) is 3.40. The summed E-state index contributed by atoms with van der Waals surface area (Å²) < 4.78 is 46.7. The first-order valence-corrected chi connectivity index (χ1v) is 10.2. The predicted octanol–water partition coefficient (Wildman–Crippen LogP) is 6.39. The number of benzene rings is 2. The fourth-order valence-electron chi connectivity index (χ4n) is 3.27. The van der Waals surface area contributed by atoms with Crippen molar-refractivity contribution in [3.8, 4) is 11.4 Å². The lowest BCUT2D eigenvalue weighted by molar-refractivity contribution is -0.143. The van der Waals surface area contributed by atoms with E-state index >= 15 is 0 Å². The van der Waals surface area contributed by atoms with Crippen molar-refractivity contribution in [3.05, 3.63) is 65.4 Å². The summed E-state index contributed by atoms with van der Waals surface area (Å²) in [6.45, 7) is 6.97. The van der Waals surface area contributed by atoms with Crippen LogP contribution in [0.2, 0.25) is 5.02 Å². The molecule has 10 heteroatoms. The zero-order valence-corrected chi connectivity index (χ0v) is 18.4. The van der Waals surface area contributed by atoms with Gasteiger partial charge in [-0.05, 0) is 69.3 Å². The molecule has 170 valence electrons. The molecule has 0 radical (unpaired) electrons. The van der Waals surface area contributed by atoms with Gasteiger partial charge in [-0.2, -0.15) is 18.3 Å². The number of hydrogen-bond acceptors (Lipinski definition) is 4. The van der Waals surface area contributed by atoms with Crippen LogP contribution in [0.5, 0.6) is 5.75 Å². The standard InChI is InChI=1S/C22H22ClF3N4O2/c1-4-29(14(2)3)17-11-7-16(8-12-17)28-21(31)32-19-13-27-30(20(19)22(24,25)26)18-9-5-15(23)6-10-18/h5-14H,4H2,1-3H3,(H,28,31). The molecule has 0 saturated heterocycles. The summed E-state index contributed by atoms with van der Waals surface area (Å²) in [5.74, 6) is -0.710. The van der Waals surface area contributed by atoms with E-state index in [0.29, 0.717) is 21.4 Å². The number of ether oxygens (including phenoxy) is 1. The Morgan fingerprint density at radius 3 is 2.31 bits per heavy atom. The Labute approximate surface area is 188 Å². The van der Waals surface area contributed by atoms with Crippen LogP contribution < -0.4 is 15.0 Å². The van der Waals surface area contributed by atoms with Crippen LogP contribution in [0.3, 0.4) is 0 Å². The first-order chi connectivity index (χ1) is 15.1. The van der Waals surface area contributed by atoms with Crippen LogP contribution in [0.1, 0.15) is 26.5 Å². The number of anilines is 2. The fraction of sp³-hybridized carbons (Fsp3) is 0.273. The van der Waals surface area contributed by atoms with Gasteiger partial charge in [0.15, 0.2) is 11.4 Å². The highest BCUT2D eigenvalue weighted by atomic mass is 35.5. The van der Waals surface area contributed by atoms with Gasteiger partial charge in [-0.25, -0.2) is 9.48 Å². The van der Waals surface area contributed by atoms with Gasteiger partial charge in [0.1, 0.15) is 0 Å². The maximum Gasteiger partial charge on any atom is 0.437 e. The van der Waals surface area contributed by atoms with Crippen LogP contribution in [0.15, 0.2) is 54.7 Å². The molecule has 32 heavy (non-hydrogen) atoms.